The molecule has 0 amide bonds. The summed E-state index contributed by atoms with van der Waals surface area (Å²) in [6, 6.07) is 0. The van der Waals surface area contributed by atoms with Crippen LogP contribution in [0, 0.1) is 0 Å². The highest BCUT2D eigenvalue weighted by molar-refractivity contribution is 7.99. The Morgan fingerprint density at radius 2 is 1.88 bits per heavy atom. The van der Waals surface area contributed by atoms with Crippen LogP contribution in [0.2, 0.25) is 0 Å². The molecule has 0 saturated carbocycles. The maximum absolute atomic E-state index is 4.33. The molecule has 16 heavy (non-hydrogen) atoms. The van der Waals surface area contributed by atoms with Gasteiger partial charge in [-0.1, -0.05) is 18.7 Å². The number of nitrogens with zero attached hydrogens (tertiary/aromatic N) is 2. The standard InChI is InChI=1S/C12H21N3S/c1-5-6-16-11-13-7-10(8-14-11)9-15-12(2,3)4/h7-8,15H,5-6,9H2,1-4H3. The molecule has 0 unspecified atom stereocenters. The van der Waals surface area contributed by atoms with Crippen LogP contribution in [0.15, 0.2) is 17.6 Å². The van der Waals surface area contributed by atoms with Crippen LogP contribution < -0.4 is 5.32 Å². The predicted octanol–water partition coefficient (Wildman–Crippen LogP) is 2.87. The summed E-state index contributed by atoms with van der Waals surface area (Å²) in [5.41, 5.74) is 1.27. The summed E-state index contributed by atoms with van der Waals surface area (Å²) >= 11 is 1.71. The second-order valence-corrected chi connectivity index (χ2v) is 5.89. The summed E-state index contributed by atoms with van der Waals surface area (Å²) in [5.74, 6) is 1.08. The zero-order chi connectivity index (χ0) is 12.0. The lowest BCUT2D eigenvalue weighted by molar-refractivity contribution is 0.423. The molecule has 0 aliphatic carbocycles. The first-order valence-corrected chi connectivity index (χ1v) is 6.68. The molecule has 1 aromatic heterocycles. The highest BCUT2D eigenvalue weighted by atomic mass is 32.2. The van der Waals surface area contributed by atoms with Crippen molar-refractivity contribution in [3.05, 3.63) is 18.0 Å². The van der Waals surface area contributed by atoms with Gasteiger partial charge in [0.1, 0.15) is 0 Å². The summed E-state index contributed by atoms with van der Waals surface area (Å²) in [6.07, 6.45) is 4.97. The quantitative estimate of drug-likeness (QED) is 0.633. The zero-order valence-corrected chi connectivity index (χ0v) is 11.4. The van der Waals surface area contributed by atoms with E-state index in [0.717, 1.165) is 29.4 Å². The van der Waals surface area contributed by atoms with E-state index in [-0.39, 0.29) is 5.54 Å². The Hall–Kier alpha value is -0.610. The molecular formula is C12H21N3S. The van der Waals surface area contributed by atoms with Crippen LogP contribution >= 0.6 is 11.8 Å². The molecule has 3 nitrogen and oxygen atoms in total. The Morgan fingerprint density at radius 3 is 2.38 bits per heavy atom. The van der Waals surface area contributed by atoms with Gasteiger partial charge >= 0.3 is 0 Å². The van der Waals surface area contributed by atoms with Gasteiger partial charge in [0, 0.05) is 35.8 Å². The number of thioether (sulfide) groups is 1. The molecule has 90 valence electrons. The lowest BCUT2D eigenvalue weighted by Crippen LogP contribution is -2.35. The second-order valence-electron chi connectivity index (χ2n) is 4.83. The summed E-state index contributed by atoms with van der Waals surface area (Å²) < 4.78 is 0. The maximum atomic E-state index is 4.33. The Labute approximate surface area is 102 Å². The average molecular weight is 239 g/mol. The first kappa shape index (κ1) is 13.5. The second kappa shape index (κ2) is 6.21. The number of nitrogens with one attached hydrogen (secondary N) is 1. The molecular weight excluding hydrogens is 218 g/mol. The molecule has 0 bridgehead atoms. The molecule has 0 saturated heterocycles. The molecule has 0 fully saturated rings. The monoisotopic (exact) mass is 239 g/mol. The fraction of sp³-hybridized carbons (Fsp3) is 0.667. The van der Waals surface area contributed by atoms with E-state index in [1.165, 1.54) is 0 Å². The van der Waals surface area contributed by atoms with E-state index in [1.54, 1.807) is 11.8 Å². The lowest BCUT2D eigenvalue weighted by Gasteiger charge is -2.20. The Morgan fingerprint density at radius 1 is 1.25 bits per heavy atom. The van der Waals surface area contributed by atoms with Crippen LogP contribution in [-0.4, -0.2) is 21.3 Å². The molecule has 0 aliphatic rings. The minimum Gasteiger partial charge on any atom is -0.308 e. The van der Waals surface area contributed by atoms with Gasteiger partial charge in [0.25, 0.3) is 0 Å². The van der Waals surface area contributed by atoms with Crippen molar-refractivity contribution < 1.29 is 0 Å². The van der Waals surface area contributed by atoms with Crippen molar-refractivity contribution in [1.82, 2.24) is 15.3 Å². The van der Waals surface area contributed by atoms with Crippen molar-refractivity contribution >= 4 is 11.8 Å². The molecule has 0 spiro atoms. The maximum Gasteiger partial charge on any atom is 0.187 e. The number of aromatic nitrogens is 2. The van der Waals surface area contributed by atoms with Crippen LogP contribution in [-0.2, 0) is 6.54 Å². The predicted molar refractivity (Wildman–Crippen MR) is 69.6 cm³/mol. The SMILES string of the molecule is CCCSc1ncc(CNC(C)(C)C)cn1. The van der Waals surface area contributed by atoms with Crippen LogP contribution in [0.5, 0.6) is 0 Å². The fourth-order valence-electron chi connectivity index (χ4n) is 1.07. The average Bonchev–Trinajstić information content (AvgIpc) is 2.24. The Balaban J connectivity index is 2.45. The fourth-order valence-corrected chi connectivity index (χ4v) is 1.71. The van der Waals surface area contributed by atoms with Gasteiger partial charge in [0.2, 0.25) is 0 Å². The van der Waals surface area contributed by atoms with Gasteiger partial charge < -0.3 is 5.32 Å². The highest BCUT2D eigenvalue weighted by Crippen LogP contribution is 2.13. The van der Waals surface area contributed by atoms with Gasteiger partial charge in [-0.3, -0.25) is 0 Å². The van der Waals surface area contributed by atoms with Crippen molar-refractivity contribution in [2.75, 3.05) is 5.75 Å². The van der Waals surface area contributed by atoms with E-state index in [0.29, 0.717) is 0 Å². The van der Waals surface area contributed by atoms with Gasteiger partial charge in [0.05, 0.1) is 0 Å². The van der Waals surface area contributed by atoms with Crippen molar-refractivity contribution in [3.8, 4) is 0 Å². The Kier molecular flexibility index (Phi) is 5.22. The molecule has 0 aliphatic heterocycles. The van der Waals surface area contributed by atoms with Crippen LogP contribution in [0.4, 0.5) is 0 Å². The minimum absolute atomic E-state index is 0.135. The van der Waals surface area contributed by atoms with E-state index in [9.17, 15) is 0 Å². The first-order chi connectivity index (χ1) is 7.51. The van der Waals surface area contributed by atoms with E-state index < -0.39 is 0 Å². The number of rotatable bonds is 5. The molecule has 0 aromatic carbocycles. The van der Waals surface area contributed by atoms with Gasteiger partial charge in [0.15, 0.2) is 5.16 Å². The molecule has 1 aromatic rings. The normalized spacial score (nSPS) is 11.8. The topological polar surface area (TPSA) is 37.8 Å². The summed E-state index contributed by atoms with van der Waals surface area (Å²) in [5, 5.41) is 4.29. The van der Waals surface area contributed by atoms with Crippen molar-refractivity contribution in [3.63, 3.8) is 0 Å². The third-order valence-electron chi connectivity index (χ3n) is 1.94. The van der Waals surface area contributed by atoms with Gasteiger partial charge in [-0.2, -0.15) is 0 Å². The van der Waals surface area contributed by atoms with Crippen molar-refractivity contribution in [2.24, 2.45) is 0 Å². The van der Waals surface area contributed by atoms with Crippen LogP contribution in [0.3, 0.4) is 0 Å². The minimum atomic E-state index is 0.135. The molecule has 1 heterocycles. The first-order valence-electron chi connectivity index (χ1n) is 5.70. The van der Waals surface area contributed by atoms with Crippen molar-refractivity contribution in [2.45, 2.75) is 51.4 Å². The summed E-state index contributed by atoms with van der Waals surface area (Å²) in [6.45, 7) is 9.44. The number of hydrogen-bond acceptors (Lipinski definition) is 4. The summed E-state index contributed by atoms with van der Waals surface area (Å²) in [4.78, 5) is 8.66. The zero-order valence-electron chi connectivity index (χ0n) is 10.6. The smallest absolute Gasteiger partial charge is 0.187 e. The van der Waals surface area contributed by atoms with E-state index in [4.69, 9.17) is 0 Å². The van der Waals surface area contributed by atoms with Gasteiger partial charge in [-0.05, 0) is 27.2 Å². The van der Waals surface area contributed by atoms with E-state index in [2.05, 4.69) is 43.0 Å². The van der Waals surface area contributed by atoms with Crippen molar-refractivity contribution in [1.29, 1.82) is 0 Å². The van der Waals surface area contributed by atoms with Crippen LogP contribution in [0.25, 0.3) is 0 Å². The molecule has 1 N–H and O–H groups in total. The molecule has 4 heteroatoms. The van der Waals surface area contributed by atoms with Crippen LogP contribution in [0.1, 0.15) is 39.7 Å². The molecule has 0 atom stereocenters. The Bertz CT molecular complexity index is 303. The number of hydrogen-bond donors (Lipinski definition) is 1. The summed E-state index contributed by atoms with van der Waals surface area (Å²) in [7, 11) is 0. The molecule has 0 radical (unpaired) electrons. The largest absolute Gasteiger partial charge is 0.308 e. The third kappa shape index (κ3) is 5.47. The van der Waals surface area contributed by atoms with E-state index in [1.807, 2.05) is 12.4 Å². The van der Waals surface area contributed by atoms with E-state index >= 15 is 0 Å². The third-order valence-corrected chi connectivity index (χ3v) is 3.02. The van der Waals surface area contributed by atoms with Gasteiger partial charge in [-0.25, -0.2) is 9.97 Å². The molecule has 1 rings (SSSR count). The lowest BCUT2D eigenvalue weighted by atomic mass is 10.1. The highest BCUT2D eigenvalue weighted by Gasteiger charge is 2.08. The van der Waals surface area contributed by atoms with Gasteiger partial charge in [-0.15, -0.1) is 0 Å².